The molecule has 0 bridgehead atoms. The number of aryl methyl sites for hydroxylation is 2. The summed E-state index contributed by atoms with van der Waals surface area (Å²) in [7, 11) is 0. The molecule has 2 rings (SSSR count). The molecule has 1 N–H and O–H groups in total. The predicted molar refractivity (Wildman–Crippen MR) is 59.3 cm³/mol. The van der Waals surface area contributed by atoms with Crippen molar-refractivity contribution >= 4 is 16.9 Å². The van der Waals surface area contributed by atoms with Crippen LogP contribution in [0.25, 0.3) is 11.0 Å². The Hall–Kier alpha value is -1.84. The van der Waals surface area contributed by atoms with Crippen molar-refractivity contribution in [1.29, 1.82) is 0 Å². The minimum atomic E-state index is -0.799. The van der Waals surface area contributed by atoms with Gasteiger partial charge in [-0.3, -0.25) is 4.79 Å². The number of hydrogen-bond acceptors (Lipinski definition) is 3. The Morgan fingerprint density at radius 3 is 3.00 bits per heavy atom. The highest BCUT2D eigenvalue weighted by molar-refractivity contribution is 5.82. The molecule has 16 heavy (non-hydrogen) atoms. The summed E-state index contributed by atoms with van der Waals surface area (Å²) < 4.78 is 5.26. The maximum absolute atomic E-state index is 10.5. The van der Waals surface area contributed by atoms with Gasteiger partial charge in [-0.1, -0.05) is 24.2 Å². The number of carboxylic acids is 1. The second kappa shape index (κ2) is 4.35. The molecule has 84 valence electrons. The lowest BCUT2D eigenvalue weighted by Gasteiger charge is -1.98. The maximum Gasteiger partial charge on any atom is 0.303 e. The average Bonchev–Trinajstić information content (AvgIpc) is 2.69. The third-order valence-electron chi connectivity index (χ3n) is 2.60. The molecule has 0 radical (unpaired) electrons. The Bertz CT molecular complexity index is 516. The Morgan fingerprint density at radius 1 is 1.50 bits per heavy atom. The summed E-state index contributed by atoms with van der Waals surface area (Å²) in [4.78, 5) is 10.5. The van der Waals surface area contributed by atoms with Crippen molar-refractivity contribution in [3.63, 3.8) is 0 Å². The Balaban J connectivity index is 2.38. The number of nitrogens with zero attached hydrogens (tertiary/aromatic N) is 1. The lowest BCUT2D eigenvalue weighted by atomic mass is 10.1. The lowest BCUT2D eigenvalue weighted by molar-refractivity contribution is -0.136. The van der Waals surface area contributed by atoms with Crippen molar-refractivity contribution in [3.8, 4) is 0 Å². The van der Waals surface area contributed by atoms with E-state index in [4.69, 9.17) is 9.63 Å². The molecule has 1 heterocycles. The summed E-state index contributed by atoms with van der Waals surface area (Å²) in [5.41, 5.74) is 2.56. The zero-order chi connectivity index (χ0) is 11.5. The van der Waals surface area contributed by atoms with Crippen molar-refractivity contribution in [2.24, 2.45) is 0 Å². The summed E-state index contributed by atoms with van der Waals surface area (Å²) in [5.74, 6) is -0.799. The van der Waals surface area contributed by atoms with Gasteiger partial charge < -0.3 is 9.63 Å². The second-order valence-corrected chi connectivity index (χ2v) is 3.67. The largest absolute Gasteiger partial charge is 0.481 e. The first kappa shape index (κ1) is 10.7. The molecule has 0 aliphatic rings. The van der Waals surface area contributed by atoms with Crippen molar-refractivity contribution in [2.75, 3.05) is 0 Å². The quantitative estimate of drug-likeness (QED) is 0.857. The predicted octanol–water partition coefficient (Wildman–Crippen LogP) is 2.41. The van der Waals surface area contributed by atoms with E-state index >= 15 is 0 Å². The van der Waals surface area contributed by atoms with Gasteiger partial charge in [0.2, 0.25) is 0 Å². The van der Waals surface area contributed by atoms with Gasteiger partial charge in [0, 0.05) is 11.8 Å². The van der Waals surface area contributed by atoms with Gasteiger partial charge in [-0.05, 0) is 24.5 Å². The standard InChI is InChI=1S/C12H13NO3/c1-2-10-9-5-3-4-8(6-7-11(14)15)12(9)16-13-10/h3-5H,2,6-7H2,1H3,(H,14,15). The van der Waals surface area contributed by atoms with E-state index in [0.29, 0.717) is 6.42 Å². The number of carboxylic acid groups (broad SMARTS) is 1. The van der Waals surface area contributed by atoms with E-state index in [1.165, 1.54) is 0 Å². The first-order chi connectivity index (χ1) is 7.72. The minimum Gasteiger partial charge on any atom is -0.481 e. The molecular weight excluding hydrogens is 206 g/mol. The van der Waals surface area contributed by atoms with Crippen molar-refractivity contribution < 1.29 is 14.4 Å². The smallest absolute Gasteiger partial charge is 0.303 e. The SMILES string of the molecule is CCc1noc2c(CCC(=O)O)cccc12. The number of para-hydroxylation sites is 1. The molecule has 2 aromatic rings. The highest BCUT2D eigenvalue weighted by Crippen LogP contribution is 2.23. The van der Waals surface area contributed by atoms with Crippen LogP contribution in [-0.2, 0) is 17.6 Å². The van der Waals surface area contributed by atoms with E-state index in [1.54, 1.807) is 0 Å². The molecule has 0 aliphatic carbocycles. The third kappa shape index (κ3) is 1.91. The molecule has 0 unspecified atom stereocenters. The van der Waals surface area contributed by atoms with Crippen molar-refractivity contribution in [1.82, 2.24) is 5.16 Å². The molecule has 0 atom stereocenters. The van der Waals surface area contributed by atoms with Gasteiger partial charge in [-0.2, -0.15) is 0 Å². The first-order valence-corrected chi connectivity index (χ1v) is 5.30. The molecule has 1 aromatic carbocycles. The van der Waals surface area contributed by atoms with Crippen molar-refractivity contribution in [3.05, 3.63) is 29.5 Å². The van der Waals surface area contributed by atoms with Gasteiger partial charge in [0.15, 0.2) is 5.58 Å². The monoisotopic (exact) mass is 219 g/mol. The van der Waals surface area contributed by atoms with Gasteiger partial charge in [-0.25, -0.2) is 0 Å². The number of hydrogen-bond donors (Lipinski definition) is 1. The van der Waals surface area contributed by atoms with E-state index < -0.39 is 5.97 Å². The Labute approximate surface area is 92.9 Å². The van der Waals surface area contributed by atoms with Crippen LogP contribution < -0.4 is 0 Å². The molecule has 0 aliphatic heterocycles. The number of fused-ring (bicyclic) bond motifs is 1. The highest BCUT2D eigenvalue weighted by atomic mass is 16.5. The van der Waals surface area contributed by atoms with Crippen LogP contribution in [0, 0.1) is 0 Å². The summed E-state index contributed by atoms with van der Waals surface area (Å²) in [5, 5.41) is 13.6. The zero-order valence-corrected chi connectivity index (χ0v) is 9.06. The average molecular weight is 219 g/mol. The van der Waals surface area contributed by atoms with E-state index in [1.807, 2.05) is 25.1 Å². The number of rotatable bonds is 4. The second-order valence-electron chi connectivity index (χ2n) is 3.67. The van der Waals surface area contributed by atoms with E-state index in [0.717, 1.165) is 28.6 Å². The normalized spacial score (nSPS) is 10.8. The highest BCUT2D eigenvalue weighted by Gasteiger charge is 2.11. The van der Waals surface area contributed by atoms with Gasteiger partial charge in [0.1, 0.15) is 0 Å². The van der Waals surface area contributed by atoms with Crippen LogP contribution in [0.4, 0.5) is 0 Å². The van der Waals surface area contributed by atoms with Crippen LogP contribution in [0.1, 0.15) is 24.6 Å². The van der Waals surface area contributed by atoms with Gasteiger partial charge in [0.25, 0.3) is 0 Å². The summed E-state index contributed by atoms with van der Waals surface area (Å²) in [6.45, 7) is 2.02. The molecule has 0 saturated carbocycles. The summed E-state index contributed by atoms with van der Waals surface area (Å²) >= 11 is 0. The molecule has 0 spiro atoms. The molecule has 0 amide bonds. The van der Waals surface area contributed by atoms with Gasteiger partial charge in [-0.15, -0.1) is 0 Å². The third-order valence-corrected chi connectivity index (χ3v) is 2.60. The maximum atomic E-state index is 10.5. The lowest BCUT2D eigenvalue weighted by Crippen LogP contribution is -1.97. The molecular formula is C12H13NO3. The summed E-state index contributed by atoms with van der Waals surface area (Å²) in [6, 6.07) is 5.75. The Morgan fingerprint density at radius 2 is 2.31 bits per heavy atom. The van der Waals surface area contributed by atoms with Crippen LogP contribution >= 0.6 is 0 Å². The molecule has 0 saturated heterocycles. The number of aliphatic carboxylic acids is 1. The molecule has 0 fully saturated rings. The van der Waals surface area contributed by atoms with Crippen LogP contribution in [0.5, 0.6) is 0 Å². The fourth-order valence-electron chi connectivity index (χ4n) is 1.76. The van der Waals surface area contributed by atoms with Crippen LogP contribution in [0.15, 0.2) is 22.7 Å². The molecule has 4 nitrogen and oxygen atoms in total. The van der Waals surface area contributed by atoms with Gasteiger partial charge in [0.05, 0.1) is 5.69 Å². The molecule has 1 aromatic heterocycles. The van der Waals surface area contributed by atoms with Crippen LogP contribution in [-0.4, -0.2) is 16.2 Å². The number of aromatic nitrogens is 1. The topological polar surface area (TPSA) is 63.3 Å². The fraction of sp³-hybridized carbons (Fsp3) is 0.333. The van der Waals surface area contributed by atoms with E-state index in [9.17, 15) is 4.79 Å². The van der Waals surface area contributed by atoms with Crippen LogP contribution in [0.3, 0.4) is 0 Å². The van der Waals surface area contributed by atoms with Gasteiger partial charge >= 0.3 is 5.97 Å². The first-order valence-electron chi connectivity index (χ1n) is 5.30. The fourth-order valence-corrected chi connectivity index (χ4v) is 1.76. The zero-order valence-electron chi connectivity index (χ0n) is 9.06. The van der Waals surface area contributed by atoms with E-state index in [2.05, 4.69) is 5.16 Å². The number of carbonyl (C=O) groups is 1. The molecule has 4 heteroatoms. The number of benzene rings is 1. The Kier molecular flexibility index (Phi) is 2.90. The van der Waals surface area contributed by atoms with Crippen LogP contribution in [0.2, 0.25) is 0 Å². The van der Waals surface area contributed by atoms with E-state index in [-0.39, 0.29) is 6.42 Å². The minimum absolute atomic E-state index is 0.112. The van der Waals surface area contributed by atoms with Crippen molar-refractivity contribution in [2.45, 2.75) is 26.2 Å². The summed E-state index contributed by atoms with van der Waals surface area (Å²) in [6.07, 6.45) is 1.40.